The molecule has 0 aromatic heterocycles. The molecule has 0 aromatic carbocycles. The van der Waals surface area contributed by atoms with E-state index in [4.69, 9.17) is 5.73 Å². The number of carbonyl (C=O) groups excluding carboxylic acids is 1. The molecule has 0 rings (SSSR count). The second kappa shape index (κ2) is 5.47. The SMILES string of the molecule is CCNC(N)=NCC(=O)NC(C)(C)C. The fraction of sp³-hybridized carbons (Fsp3) is 0.778. The van der Waals surface area contributed by atoms with Gasteiger partial charge in [0, 0.05) is 12.1 Å². The topological polar surface area (TPSA) is 79.5 Å². The summed E-state index contributed by atoms with van der Waals surface area (Å²) >= 11 is 0. The monoisotopic (exact) mass is 200 g/mol. The minimum Gasteiger partial charge on any atom is -0.370 e. The molecule has 82 valence electrons. The number of rotatable bonds is 3. The second-order valence-electron chi connectivity index (χ2n) is 4.03. The molecule has 5 nitrogen and oxygen atoms in total. The summed E-state index contributed by atoms with van der Waals surface area (Å²) in [4.78, 5) is 15.1. The number of hydrogen-bond donors (Lipinski definition) is 3. The number of amides is 1. The molecule has 0 saturated carbocycles. The normalized spacial score (nSPS) is 12.4. The number of guanidine groups is 1. The Balaban J connectivity index is 3.90. The molecule has 0 radical (unpaired) electrons. The molecule has 0 spiro atoms. The van der Waals surface area contributed by atoms with Gasteiger partial charge in [-0.15, -0.1) is 0 Å². The molecule has 5 heteroatoms. The fourth-order valence-corrected chi connectivity index (χ4v) is 0.852. The quantitative estimate of drug-likeness (QED) is 0.437. The van der Waals surface area contributed by atoms with Crippen LogP contribution >= 0.6 is 0 Å². The van der Waals surface area contributed by atoms with E-state index in [1.165, 1.54) is 0 Å². The summed E-state index contributed by atoms with van der Waals surface area (Å²) in [6.45, 7) is 8.44. The zero-order valence-corrected chi connectivity index (χ0v) is 9.35. The lowest BCUT2D eigenvalue weighted by Crippen LogP contribution is -2.42. The average molecular weight is 200 g/mol. The van der Waals surface area contributed by atoms with Crippen molar-refractivity contribution in [2.75, 3.05) is 13.1 Å². The van der Waals surface area contributed by atoms with Crippen molar-refractivity contribution in [2.24, 2.45) is 10.7 Å². The first kappa shape index (κ1) is 12.7. The van der Waals surface area contributed by atoms with E-state index in [0.29, 0.717) is 12.5 Å². The molecule has 0 aromatic rings. The van der Waals surface area contributed by atoms with Crippen LogP contribution in [0.3, 0.4) is 0 Å². The molecule has 4 N–H and O–H groups in total. The molecule has 0 bridgehead atoms. The van der Waals surface area contributed by atoms with Crippen molar-refractivity contribution in [1.82, 2.24) is 10.6 Å². The van der Waals surface area contributed by atoms with E-state index in [-0.39, 0.29) is 18.0 Å². The van der Waals surface area contributed by atoms with Gasteiger partial charge in [-0.2, -0.15) is 0 Å². The lowest BCUT2D eigenvalue weighted by molar-refractivity contribution is -0.121. The van der Waals surface area contributed by atoms with Gasteiger partial charge >= 0.3 is 0 Å². The van der Waals surface area contributed by atoms with Gasteiger partial charge < -0.3 is 16.4 Å². The highest BCUT2D eigenvalue weighted by atomic mass is 16.2. The van der Waals surface area contributed by atoms with Gasteiger partial charge in [0.1, 0.15) is 6.54 Å². The molecule has 0 aliphatic rings. The van der Waals surface area contributed by atoms with Gasteiger partial charge in [-0.3, -0.25) is 4.79 Å². The molecule has 0 aliphatic carbocycles. The third kappa shape index (κ3) is 7.39. The molecule has 0 aliphatic heterocycles. The highest BCUT2D eigenvalue weighted by Crippen LogP contribution is 1.97. The van der Waals surface area contributed by atoms with Gasteiger partial charge in [0.25, 0.3) is 0 Å². The maximum Gasteiger partial charge on any atom is 0.242 e. The Morgan fingerprint density at radius 2 is 2.00 bits per heavy atom. The van der Waals surface area contributed by atoms with E-state index < -0.39 is 0 Å². The van der Waals surface area contributed by atoms with Gasteiger partial charge in [-0.25, -0.2) is 4.99 Å². The van der Waals surface area contributed by atoms with E-state index in [1.54, 1.807) is 0 Å². The van der Waals surface area contributed by atoms with Gasteiger partial charge in [-0.1, -0.05) is 0 Å². The minimum atomic E-state index is -0.223. The Morgan fingerprint density at radius 3 is 2.43 bits per heavy atom. The van der Waals surface area contributed by atoms with Crippen LogP contribution in [0.1, 0.15) is 27.7 Å². The predicted molar refractivity (Wildman–Crippen MR) is 58.1 cm³/mol. The van der Waals surface area contributed by atoms with E-state index in [1.807, 2.05) is 27.7 Å². The molecule has 0 heterocycles. The third-order valence-corrected chi connectivity index (χ3v) is 1.27. The summed E-state index contributed by atoms with van der Waals surface area (Å²) in [6, 6.07) is 0. The maximum absolute atomic E-state index is 11.3. The number of aliphatic imine (C=N–C) groups is 1. The highest BCUT2D eigenvalue weighted by molar-refractivity contribution is 5.84. The van der Waals surface area contributed by atoms with Crippen molar-refractivity contribution in [1.29, 1.82) is 0 Å². The van der Waals surface area contributed by atoms with Crippen LogP contribution in [0.5, 0.6) is 0 Å². The number of nitrogens with zero attached hydrogens (tertiary/aromatic N) is 1. The van der Waals surface area contributed by atoms with Crippen LogP contribution in [0.25, 0.3) is 0 Å². The number of nitrogens with one attached hydrogen (secondary N) is 2. The van der Waals surface area contributed by atoms with E-state index >= 15 is 0 Å². The van der Waals surface area contributed by atoms with Crippen LogP contribution in [0, 0.1) is 0 Å². The Hall–Kier alpha value is -1.26. The predicted octanol–water partition coefficient (Wildman–Crippen LogP) is -0.175. The first-order valence-corrected chi connectivity index (χ1v) is 4.70. The summed E-state index contributed by atoms with van der Waals surface area (Å²) in [5, 5.41) is 5.60. The summed E-state index contributed by atoms with van der Waals surface area (Å²) in [6.07, 6.45) is 0. The summed E-state index contributed by atoms with van der Waals surface area (Å²) < 4.78 is 0. The standard InChI is InChI=1S/C9H20N4O/c1-5-11-8(10)12-6-7(14)13-9(2,3)4/h5-6H2,1-4H3,(H,13,14)(H3,10,11,12). The number of hydrogen-bond acceptors (Lipinski definition) is 2. The lowest BCUT2D eigenvalue weighted by atomic mass is 10.1. The molecule has 14 heavy (non-hydrogen) atoms. The van der Waals surface area contributed by atoms with E-state index in [0.717, 1.165) is 0 Å². The first-order valence-electron chi connectivity index (χ1n) is 4.70. The molecular formula is C9H20N4O. The van der Waals surface area contributed by atoms with Crippen LogP contribution in [-0.2, 0) is 4.79 Å². The van der Waals surface area contributed by atoms with Crippen molar-refractivity contribution in [3.8, 4) is 0 Å². The molecular weight excluding hydrogens is 180 g/mol. The Kier molecular flexibility index (Phi) is 4.97. The van der Waals surface area contributed by atoms with Crippen LogP contribution in [0.15, 0.2) is 4.99 Å². The van der Waals surface area contributed by atoms with Gasteiger partial charge in [0.05, 0.1) is 0 Å². The largest absolute Gasteiger partial charge is 0.370 e. The van der Waals surface area contributed by atoms with Crippen molar-refractivity contribution >= 4 is 11.9 Å². The number of nitrogens with two attached hydrogens (primary N) is 1. The number of carbonyl (C=O) groups is 1. The highest BCUT2D eigenvalue weighted by Gasteiger charge is 2.12. The van der Waals surface area contributed by atoms with Crippen LogP contribution in [0.2, 0.25) is 0 Å². The maximum atomic E-state index is 11.3. The molecule has 0 fully saturated rings. The first-order chi connectivity index (χ1) is 6.35. The zero-order chi connectivity index (χ0) is 11.2. The van der Waals surface area contributed by atoms with Crippen molar-refractivity contribution < 1.29 is 4.79 Å². The summed E-state index contributed by atoms with van der Waals surface area (Å²) in [5.74, 6) is 0.176. The average Bonchev–Trinajstić information content (AvgIpc) is 1.98. The third-order valence-electron chi connectivity index (χ3n) is 1.27. The van der Waals surface area contributed by atoms with Crippen LogP contribution in [-0.4, -0.2) is 30.5 Å². The van der Waals surface area contributed by atoms with Gasteiger partial charge in [0.15, 0.2) is 5.96 Å². The molecule has 0 saturated heterocycles. The summed E-state index contributed by atoms with van der Waals surface area (Å²) in [5.41, 5.74) is 5.23. The van der Waals surface area contributed by atoms with Crippen molar-refractivity contribution in [3.05, 3.63) is 0 Å². The Labute approximate surface area is 85.2 Å². The Bertz CT molecular complexity index is 217. The second-order valence-corrected chi connectivity index (χ2v) is 4.03. The fourth-order valence-electron chi connectivity index (χ4n) is 0.852. The smallest absolute Gasteiger partial charge is 0.242 e. The molecule has 0 unspecified atom stereocenters. The molecule has 0 atom stereocenters. The van der Waals surface area contributed by atoms with Crippen LogP contribution in [0.4, 0.5) is 0 Å². The van der Waals surface area contributed by atoms with Crippen molar-refractivity contribution in [2.45, 2.75) is 33.2 Å². The zero-order valence-electron chi connectivity index (χ0n) is 9.35. The van der Waals surface area contributed by atoms with E-state index in [2.05, 4.69) is 15.6 Å². The van der Waals surface area contributed by atoms with E-state index in [9.17, 15) is 4.79 Å². The van der Waals surface area contributed by atoms with Crippen molar-refractivity contribution in [3.63, 3.8) is 0 Å². The lowest BCUT2D eigenvalue weighted by Gasteiger charge is -2.19. The Morgan fingerprint density at radius 1 is 1.43 bits per heavy atom. The summed E-state index contributed by atoms with van der Waals surface area (Å²) in [7, 11) is 0. The van der Waals surface area contributed by atoms with Gasteiger partial charge in [-0.05, 0) is 27.7 Å². The van der Waals surface area contributed by atoms with Crippen LogP contribution < -0.4 is 16.4 Å². The van der Waals surface area contributed by atoms with Gasteiger partial charge in [0.2, 0.25) is 5.91 Å². The minimum absolute atomic E-state index is 0.0656. The molecule has 1 amide bonds.